The highest BCUT2D eigenvalue weighted by Crippen LogP contribution is 2.33. The van der Waals surface area contributed by atoms with E-state index < -0.39 is 11.9 Å². The largest absolute Gasteiger partial charge is 0.433 e. The van der Waals surface area contributed by atoms with Crippen molar-refractivity contribution in [1.29, 1.82) is 5.26 Å². The molecule has 2 aromatic heterocycles. The molecule has 1 unspecified atom stereocenters. The average molecular weight is 411 g/mol. The molecular weight excluding hydrogens is 395 g/mol. The smallest absolute Gasteiger partial charge is 0.344 e. The zero-order valence-electron chi connectivity index (χ0n) is 15.9. The van der Waals surface area contributed by atoms with Crippen molar-refractivity contribution >= 4 is 5.91 Å². The Bertz CT molecular complexity index is 1180. The monoisotopic (exact) mass is 411 g/mol. The number of amides is 1. The predicted octanol–water partition coefficient (Wildman–Crippen LogP) is 4.02. The van der Waals surface area contributed by atoms with Crippen molar-refractivity contribution in [3.8, 4) is 17.3 Å². The SMILES string of the molecule is Cc1cc(C#N)cc(C(=O)NC2CCn3nc(-c4ccnc(C(F)(F)F)c4)cc32)c1. The molecule has 3 heterocycles. The molecule has 0 spiro atoms. The summed E-state index contributed by atoms with van der Waals surface area (Å²) in [6, 6.07) is 10.7. The van der Waals surface area contributed by atoms with Gasteiger partial charge in [-0.25, -0.2) is 0 Å². The average Bonchev–Trinajstić information content (AvgIpc) is 3.29. The van der Waals surface area contributed by atoms with Crippen molar-refractivity contribution < 1.29 is 18.0 Å². The number of halogens is 3. The van der Waals surface area contributed by atoms with Crippen LogP contribution >= 0.6 is 0 Å². The number of rotatable bonds is 3. The summed E-state index contributed by atoms with van der Waals surface area (Å²) in [5.41, 5.74) is 2.02. The summed E-state index contributed by atoms with van der Waals surface area (Å²) >= 11 is 0. The lowest BCUT2D eigenvalue weighted by Crippen LogP contribution is -2.27. The first-order chi connectivity index (χ1) is 14.2. The minimum Gasteiger partial charge on any atom is -0.344 e. The summed E-state index contributed by atoms with van der Waals surface area (Å²) < 4.78 is 40.5. The number of hydrogen-bond acceptors (Lipinski definition) is 4. The van der Waals surface area contributed by atoms with Gasteiger partial charge in [0.2, 0.25) is 0 Å². The van der Waals surface area contributed by atoms with Gasteiger partial charge in [0.15, 0.2) is 0 Å². The molecule has 0 saturated heterocycles. The molecule has 1 atom stereocenters. The Morgan fingerprint density at radius 2 is 2.07 bits per heavy atom. The number of fused-ring (bicyclic) bond motifs is 1. The third kappa shape index (κ3) is 3.76. The minimum atomic E-state index is -4.54. The molecule has 1 aliphatic heterocycles. The molecule has 30 heavy (non-hydrogen) atoms. The molecule has 6 nitrogen and oxygen atoms in total. The van der Waals surface area contributed by atoms with Crippen molar-refractivity contribution in [2.45, 2.75) is 32.1 Å². The third-order valence-corrected chi connectivity index (χ3v) is 4.92. The van der Waals surface area contributed by atoms with E-state index in [0.29, 0.717) is 35.3 Å². The topological polar surface area (TPSA) is 83.6 Å². The lowest BCUT2D eigenvalue weighted by Gasteiger charge is -2.12. The highest BCUT2D eigenvalue weighted by molar-refractivity contribution is 5.95. The van der Waals surface area contributed by atoms with Gasteiger partial charge < -0.3 is 5.32 Å². The third-order valence-electron chi connectivity index (χ3n) is 4.92. The lowest BCUT2D eigenvalue weighted by molar-refractivity contribution is -0.141. The van der Waals surface area contributed by atoms with Crippen LogP contribution in [0.5, 0.6) is 0 Å². The number of nitriles is 1. The summed E-state index contributed by atoms with van der Waals surface area (Å²) in [6.45, 7) is 2.34. The quantitative estimate of drug-likeness (QED) is 0.706. The number of hydrogen-bond donors (Lipinski definition) is 1. The van der Waals surface area contributed by atoms with Gasteiger partial charge in [-0.3, -0.25) is 14.5 Å². The first kappa shape index (κ1) is 19.6. The maximum atomic E-state index is 12.9. The number of nitrogens with one attached hydrogen (secondary N) is 1. The van der Waals surface area contributed by atoms with Crippen molar-refractivity contribution in [2.24, 2.45) is 0 Å². The summed E-state index contributed by atoms with van der Waals surface area (Å²) in [5, 5.41) is 16.4. The van der Waals surface area contributed by atoms with Gasteiger partial charge in [0.05, 0.1) is 29.1 Å². The van der Waals surface area contributed by atoms with Crippen LogP contribution in [0.4, 0.5) is 13.2 Å². The highest BCUT2D eigenvalue weighted by Gasteiger charge is 2.33. The lowest BCUT2D eigenvalue weighted by atomic mass is 10.1. The molecule has 0 saturated carbocycles. The van der Waals surface area contributed by atoms with Gasteiger partial charge in [-0.2, -0.15) is 23.5 Å². The van der Waals surface area contributed by atoms with Crippen LogP contribution in [0.15, 0.2) is 42.6 Å². The Hall–Kier alpha value is -3.67. The molecular formula is C21H16F3N5O. The minimum absolute atomic E-state index is 0.307. The maximum absolute atomic E-state index is 12.9. The molecule has 0 fully saturated rings. The Balaban J connectivity index is 1.58. The molecule has 4 rings (SSSR count). The highest BCUT2D eigenvalue weighted by atomic mass is 19.4. The fourth-order valence-electron chi connectivity index (χ4n) is 3.54. The predicted molar refractivity (Wildman–Crippen MR) is 101 cm³/mol. The van der Waals surface area contributed by atoms with Crippen LogP contribution in [0.2, 0.25) is 0 Å². The number of aryl methyl sites for hydroxylation is 2. The Labute approximate surface area is 170 Å². The number of carbonyl (C=O) groups is 1. The summed E-state index contributed by atoms with van der Waals surface area (Å²) in [6.07, 6.45) is -2.81. The first-order valence-electron chi connectivity index (χ1n) is 9.18. The molecule has 3 aromatic rings. The molecule has 0 bridgehead atoms. The van der Waals surface area contributed by atoms with Crippen molar-refractivity contribution in [2.75, 3.05) is 0 Å². The molecule has 0 radical (unpaired) electrons. The van der Waals surface area contributed by atoms with E-state index in [1.165, 1.54) is 12.1 Å². The van der Waals surface area contributed by atoms with Gasteiger partial charge in [-0.1, -0.05) is 0 Å². The fraction of sp³-hybridized carbons (Fsp3) is 0.238. The molecule has 0 aliphatic carbocycles. The molecule has 1 aromatic carbocycles. The number of alkyl halides is 3. The summed E-state index contributed by atoms with van der Waals surface area (Å²) in [7, 11) is 0. The molecule has 152 valence electrons. The van der Waals surface area contributed by atoms with Gasteiger partial charge in [0.25, 0.3) is 5.91 Å². The van der Waals surface area contributed by atoms with Crippen LogP contribution in [0.3, 0.4) is 0 Å². The summed E-state index contributed by atoms with van der Waals surface area (Å²) in [4.78, 5) is 16.0. The van der Waals surface area contributed by atoms with Gasteiger partial charge in [0, 0.05) is 23.9 Å². The van der Waals surface area contributed by atoms with Crippen LogP contribution in [-0.4, -0.2) is 20.7 Å². The van der Waals surface area contributed by atoms with Crippen LogP contribution in [0, 0.1) is 18.3 Å². The van der Waals surface area contributed by atoms with E-state index >= 15 is 0 Å². The van der Waals surface area contributed by atoms with Crippen LogP contribution in [0.1, 0.15) is 45.3 Å². The maximum Gasteiger partial charge on any atom is 0.433 e. The van der Waals surface area contributed by atoms with Gasteiger partial charge in [-0.05, 0) is 55.3 Å². The van der Waals surface area contributed by atoms with Crippen molar-refractivity contribution in [3.63, 3.8) is 0 Å². The van der Waals surface area contributed by atoms with Crippen LogP contribution < -0.4 is 5.32 Å². The molecule has 1 aliphatic rings. The van der Waals surface area contributed by atoms with Gasteiger partial charge in [-0.15, -0.1) is 0 Å². The van der Waals surface area contributed by atoms with E-state index in [-0.39, 0.29) is 11.9 Å². The number of aromatic nitrogens is 3. The second-order valence-electron chi connectivity index (χ2n) is 7.12. The number of benzene rings is 1. The number of pyridine rings is 1. The van der Waals surface area contributed by atoms with Gasteiger partial charge in [0.1, 0.15) is 5.69 Å². The Morgan fingerprint density at radius 3 is 2.80 bits per heavy atom. The standard InChI is InChI=1S/C21H16F3N5O/c1-12-6-13(11-25)8-15(7-12)20(30)27-16-3-5-29-18(16)10-17(28-29)14-2-4-26-19(9-14)21(22,23)24/h2,4,6-10,16H,3,5H2,1H3,(H,27,30). The van der Waals surface area contributed by atoms with Crippen molar-refractivity contribution in [1.82, 2.24) is 20.1 Å². The summed E-state index contributed by atoms with van der Waals surface area (Å²) in [5.74, 6) is -0.320. The zero-order valence-corrected chi connectivity index (χ0v) is 15.9. The van der Waals surface area contributed by atoms with E-state index in [1.807, 2.05) is 6.07 Å². The normalized spacial score (nSPS) is 15.5. The van der Waals surface area contributed by atoms with Crippen LogP contribution in [-0.2, 0) is 12.7 Å². The van der Waals surface area contributed by atoms with E-state index in [1.54, 1.807) is 29.8 Å². The Morgan fingerprint density at radius 1 is 1.27 bits per heavy atom. The first-order valence-corrected chi connectivity index (χ1v) is 9.18. The molecule has 1 amide bonds. The number of carbonyl (C=O) groups excluding carboxylic acids is 1. The second kappa shape index (κ2) is 7.30. The van der Waals surface area contributed by atoms with E-state index in [4.69, 9.17) is 5.26 Å². The zero-order chi connectivity index (χ0) is 21.5. The van der Waals surface area contributed by atoms with Crippen LogP contribution in [0.25, 0.3) is 11.3 Å². The van der Waals surface area contributed by atoms with E-state index in [0.717, 1.165) is 23.5 Å². The van der Waals surface area contributed by atoms with Gasteiger partial charge >= 0.3 is 6.18 Å². The fourth-order valence-corrected chi connectivity index (χ4v) is 3.54. The van der Waals surface area contributed by atoms with Crippen molar-refractivity contribution in [3.05, 3.63) is 70.7 Å². The molecule has 9 heteroatoms. The molecule has 1 N–H and O–H groups in total. The second-order valence-corrected chi connectivity index (χ2v) is 7.12. The Kier molecular flexibility index (Phi) is 4.78. The van der Waals surface area contributed by atoms with E-state index in [2.05, 4.69) is 15.4 Å². The van der Waals surface area contributed by atoms with E-state index in [9.17, 15) is 18.0 Å². The number of nitrogens with zero attached hydrogens (tertiary/aromatic N) is 4.